The second kappa shape index (κ2) is 7.15. The van der Waals surface area contributed by atoms with Crippen LogP contribution in [0, 0.1) is 0 Å². The highest BCUT2D eigenvalue weighted by Crippen LogP contribution is 2.27. The number of hydrogen-bond donors (Lipinski definition) is 0. The second-order valence-corrected chi connectivity index (χ2v) is 6.14. The van der Waals surface area contributed by atoms with Gasteiger partial charge in [-0.05, 0) is 58.2 Å². The Morgan fingerprint density at radius 3 is 2.78 bits per heavy atom. The fraction of sp³-hybridized carbons (Fsp3) is 0.176. The van der Waals surface area contributed by atoms with E-state index in [9.17, 15) is 0 Å². The van der Waals surface area contributed by atoms with Crippen molar-refractivity contribution in [2.75, 3.05) is 0 Å². The first-order valence-corrected chi connectivity index (χ1v) is 8.33. The molecule has 4 nitrogen and oxygen atoms in total. The first kappa shape index (κ1) is 16.0. The van der Waals surface area contributed by atoms with E-state index in [1.165, 1.54) is 0 Å². The molecule has 0 spiro atoms. The van der Waals surface area contributed by atoms with Gasteiger partial charge in [0, 0.05) is 9.50 Å². The first-order valence-electron chi connectivity index (χ1n) is 7.16. The highest BCUT2D eigenvalue weighted by molar-refractivity contribution is 9.10. The molecule has 118 valence electrons. The molecule has 2 aromatic carbocycles. The minimum atomic E-state index is 0.211. The van der Waals surface area contributed by atoms with Gasteiger partial charge < -0.3 is 9.15 Å². The van der Waals surface area contributed by atoms with Gasteiger partial charge in [-0.2, -0.15) is 0 Å². The normalized spacial score (nSPS) is 10.7. The number of aryl methyl sites for hydroxylation is 1. The van der Waals surface area contributed by atoms with E-state index in [1.807, 2.05) is 49.4 Å². The minimum absolute atomic E-state index is 0.211. The molecule has 0 atom stereocenters. The lowest BCUT2D eigenvalue weighted by atomic mass is 10.1. The topological polar surface area (TPSA) is 48.2 Å². The van der Waals surface area contributed by atoms with Crippen molar-refractivity contribution >= 4 is 27.5 Å². The summed E-state index contributed by atoms with van der Waals surface area (Å²) >= 11 is 9.57. The smallest absolute Gasteiger partial charge is 0.254 e. The summed E-state index contributed by atoms with van der Waals surface area (Å²) < 4.78 is 12.3. The fourth-order valence-electron chi connectivity index (χ4n) is 2.11. The Morgan fingerprint density at radius 2 is 2.00 bits per heavy atom. The lowest BCUT2D eigenvalue weighted by Crippen LogP contribution is -1.96. The number of halogens is 2. The molecular weight excluding hydrogens is 380 g/mol. The van der Waals surface area contributed by atoms with Crippen LogP contribution in [0.15, 0.2) is 51.4 Å². The lowest BCUT2D eigenvalue weighted by molar-refractivity contribution is 0.264. The molecule has 6 heteroatoms. The van der Waals surface area contributed by atoms with Gasteiger partial charge in [-0.25, -0.2) is 0 Å². The molecule has 0 fully saturated rings. The van der Waals surface area contributed by atoms with E-state index in [0.717, 1.165) is 32.8 Å². The van der Waals surface area contributed by atoms with Crippen molar-refractivity contribution in [3.63, 3.8) is 0 Å². The van der Waals surface area contributed by atoms with Crippen molar-refractivity contribution < 1.29 is 9.15 Å². The largest absolute Gasteiger partial charge is 0.484 e. The summed E-state index contributed by atoms with van der Waals surface area (Å²) in [7, 11) is 0. The number of rotatable bonds is 5. The maximum Gasteiger partial charge on any atom is 0.254 e. The molecule has 0 amide bonds. The molecule has 0 aliphatic carbocycles. The van der Waals surface area contributed by atoms with Gasteiger partial charge in [-0.15, -0.1) is 10.2 Å². The Hall–Kier alpha value is -1.85. The van der Waals surface area contributed by atoms with Crippen molar-refractivity contribution in [1.82, 2.24) is 10.2 Å². The van der Waals surface area contributed by atoms with Crippen LogP contribution in [0.1, 0.15) is 18.4 Å². The van der Waals surface area contributed by atoms with Gasteiger partial charge in [0.15, 0.2) is 6.61 Å². The zero-order chi connectivity index (χ0) is 16.2. The van der Waals surface area contributed by atoms with Crippen LogP contribution in [-0.4, -0.2) is 10.2 Å². The first-order chi connectivity index (χ1) is 11.2. The van der Waals surface area contributed by atoms with Crippen LogP contribution in [0.5, 0.6) is 5.75 Å². The Morgan fingerprint density at radius 1 is 1.17 bits per heavy atom. The van der Waals surface area contributed by atoms with E-state index in [1.54, 1.807) is 0 Å². The summed E-state index contributed by atoms with van der Waals surface area (Å²) in [5.74, 6) is 1.61. The summed E-state index contributed by atoms with van der Waals surface area (Å²) in [5.41, 5.74) is 1.90. The van der Waals surface area contributed by atoms with Gasteiger partial charge >= 0.3 is 0 Å². The van der Waals surface area contributed by atoms with Gasteiger partial charge in [0.25, 0.3) is 5.89 Å². The minimum Gasteiger partial charge on any atom is -0.484 e. The Balaban J connectivity index is 1.71. The van der Waals surface area contributed by atoms with E-state index in [0.29, 0.717) is 11.8 Å². The Labute approximate surface area is 147 Å². The van der Waals surface area contributed by atoms with E-state index in [2.05, 4.69) is 26.1 Å². The van der Waals surface area contributed by atoms with Crippen LogP contribution in [0.25, 0.3) is 11.5 Å². The molecule has 3 aromatic rings. The molecule has 0 saturated carbocycles. The summed E-state index contributed by atoms with van der Waals surface area (Å²) in [4.78, 5) is 0. The predicted molar refractivity (Wildman–Crippen MR) is 92.6 cm³/mol. The molecule has 1 heterocycles. The SMILES string of the molecule is CCc1cc(OCc2nnc(-c3ccccc3Br)o2)ccc1Cl. The lowest BCUT2D eigenvalue weighted by Gasteiger charge is -2.06. The maximum absolute atomic E-state index is 6.10. The molecule has 0 unspecified atom stereocenters. The number of benzene rings is 2. The van der Waals surface area contributed by atoms with E-state index >= 15 is 0 Å². The average molecular weight is 394 g/mol. The third-order valence-corrected chi connectivity index (χ3v) is 4.39. The number of hydrogen-bond acceptors (Lipinski definition) is 4. The summed E-state index contributed by atoms with van der Waals surface area (Å²) in [6.45, 7) is 2.26. The zero-order valence-electron chi connectivity index (χ0n) is 12.4. The number of ether oxygens (including phenoxy) is 1. The highest BCUT2D eigenvalue weighted by atomic mass is 79.9. The summed E-state index contributed by atoms with van der Waals surface area (Å²) in [6.07, 6.45) is 0.850. The molecule has 0 aliphatic heterocycles. The highest BCUT2D eigenvalue weighted by Gasteiger charge is 2.12. The summed E-state index contributed by atoms with van der Waals surface area (Å²) in [6, 6.07) is 13.3. The van der Waals surface area contributed by atoms with Gasteiger partial charge in [0.2, 0.25) is 5.89 Å². The van der Waals surface area contributed by atoms with Crippen molar-refractivity contribution in [2.24, 2.45) is 0 Å². The van der Waals surface area contributed by atoms with Gasteiger partial charge in [0.1, 0.15) is 5.75 Å². The van der Waals surface area contributed by atoms with Crippen molar-refractivity contribution in [2.45, 2.75) is 20.0 Å². The van der Waals surface area contributed by atoms with Crippen molar-refractivity contribution in [1.29, 1.82) is 0 Å². The van der Waals surface area contributed by atoms with Crippen LogP contribution in [-0.2, 0) is 13.0 Å². The molecule has 0 saturated heterocycles. The molecule has 1 aromatic heterocycles. The van der Waals surface area contributed by atoms with Crippen molar-refractivity contribution in [3.8, 4) is 17.2 Å². The van der Waals surface area contributed by atoms with E-state index < -0.39 is 0 Å². The van der Waals surface area contributed by atoms with Gasteiger partial charge in [-0.3, -0.25) is 0 Å². The molecule has 0 bridgehead atoms. The molecule has 3 rings (SSSR count). The monoisotopic (exact) mass is 392 g/mol. The van der Waals surface area contributed by atoms with Crippen LogP contribution in [0.2, 0.25) is 5.02 Å². The summed E-state index contributed by atoms with van der Waals surface area (Å²) in [5, 5.41) is 8.82. The quantitative estimate of drug-likeness (QED) is 0.590. The Kier molecular flexibility index (Phi) is 4.98. The van der Waals surface area contributed by atoms with Crippen LogP contribution < -0.4 is 4.74 Å². The molecule has 0 aliphatic rings. The van der Waals surface area contributed by atoms with Crippen LogP contribution in [0.4, 0.5) is 0 Å². The molecule has 23 heavy (non-hydrogen) atoms. The number of aromatic nitrogens is 2. The Bertz CT molecular complexity index is 820. The standard InChI is InChI=1S/C17H14BrClN2O2/c1-2-11-9-12(7-8-15(11)19)22-10-16-20-21-17(23-16)13-5-3-4-6-14(13)18/h3-9H,2,10H2,1H3. The third kappa shape index (κ3) is 3.74. The maximum atomic E-state index is 6.10. The van der Waals surface area contributed by atoms with E-state index in [-0.39, 0.29) is 6.61 Å². The van der Waals surface area contributed by atoms with Gasteiger partial charge in [0.05, 0.1) is 5.56 Å². The van der Waals surface area contributed by atoms with Crippen LogP contribution in [0.3, 0.4) is 0 Å². The predicted octanol–water partition coefficient (Wildman–Crippen LogP) is 5.29. The average Bonchev–Trinajstić information content (AvgIpc) is 3.03. The molecule has 0 N–H and O–H groups in total. The van der Waals surface area contributed by atoms with Crippen LogP contribution >= 0.6 is 27.5 Å². The molecule has 0 radical (unpaired) electrons. The van der Waals surface area contributed by atoms with Gasteiger partial charge in [-0.1, -0.05) is 30.7 Å². The number of nitrogens with zero attached hydrogens (tertiary/aromatic N) is 2. The fourth-order valence-corrected chi connectivity index (χ4v) is 2.82. The zero-order valence-corrected chi connectivity index (χ0v) is 14.8. The van der Waals surface area contributed by atoms with Crippen molar-refractivity contribution in [3.05, 3.63) is 63.4 Å². The second-order valence-electron chi connectivity index (χ2n) is 4.88. The van der Waals surface area contributed by atoms with E-state index in [4.69, 9.17) is 20.8 Å². The molecular formula is C17H14BrClN2O2. The third-order valence-electron chi connectivity index (χ3n) is 3.33.